The molecule has 1 aromatic carbocycles. The fourth-order valence-corrected chi connectivity index (χ4v) is 3.36. The standard InChI is InChI=1S/C19H31N3O3/c1-13(2)18(22-11-14(3)25-15(4)12-22)19(23)21-16-5-7-17(8-6-16)24-10-9-20/h5-8,13-15,18H,9-12,20H2,1-4H3,(H,21,23). The van der Waals surface area contributed by atoms with Crippen LogP contribution in [-0.2, 0) is 9.53 Å². The van der Waals surface area contributed by atoms with E-state index in [1.165, 1.54) is 0 Å². The summed E-state index contributed by atoms with van der Waals surface area (Å²) in [6.07, 6.45) is 0.272. The number of nitrogens with two attached hydrogens (primary N) is 1. The summed E-state index contributed by atoms with van der Waals surface area (Å²) in [4.78, 5) is 15.1. The van der Waals surface area contributed by atoms with Crippen molar-refractivity contribution in [3.05, 3.63) is 24.3 Å². The lowest BCUT2D eigenvalue weighted by molar-refractivity contribution is -0.130. The highest BCUT2D eigenvalue weighted by Crippen LogP contribution is 2.21. The number of hydrogen-bond acceptors (Lipinski definition) is 5. The molecule has 140 valence electrons. The van der Waals surface area contributed by atoms with Crippen LogP contribution in [0.15, 0.2) is 24.3 Å². The van der Waals surface area contributed by atoms with E-state index < -0.39 is 0 Å². The van der Waals surface area contributed by atoms with Gasteiger partial charge in [0, 0.05) is 25.3 Å². The molecule has 3 N–H and O–H groups in total. The summed E-state index contributed by atoms with van der Waals surface area (Å²) in [5.74, 6) is 0.983. The Labute approximate surface area is 150 Å². The number of rotatable bonds is 7. The van der Waals surface area contributed by atoms with E-state index >= 15 is 0 Å². The maximum absolute atomic E-state index is 12.9. The molecule has 6 nitrogen and oxygen atoms in total. The summed E-state index contributed by atoms with van der Waals surface area (Å²) in [7, 11) is 0. The fraction of sp³-hybridized carbons (Fsp3) is 0.632. The van der Waals surface area contributed by atoms with Crippen LogP contribution in [0.2, 0.25) is 0 Å². The van der Waals surface area contributed by atoms with Gasteiger partial charge in [0.2, 0.25) is 5.91 Å². The molecule has 0 aromatic heterocycles. The second kappa shape index (κ2) is 9.17. The predicted molar refractivity (Wildman–Crippen MR) is 99.8 cm³/mol. The van der Waals surface area contributed by atoms with Crippen molar-refractivity contribution >= 4 is 11.6 Å². The first-order valence-corrected chi connectivity index (χ1v) is 9.04. The number of carbonyl (C=O) groups excluding carboxylic acids is 1. The molecule has 3 atom stereocenters. The molecule has 1 aromatic rings. The van der Waals surface area contributed by atoms with Crippen LogP contribution in [0, 0.1) is 5.92 Å². The normalized spacial score (nSPS) is 22.6. The van der Waals surface area contributed by atoms with E-state index in [0.717, 1.165) is 24.5 Å². The Morgan fingerprint density at radius 2 is 1.88 bits per heavy atom. The maximum atomic E-state index is 12.9. The molecule has 0 spiro atoms. The smallest absolute Gasteiger partial charge is 0.241 e. The molecular formula is C19H31N3O3. The number of morpholine rings is 1. The van der Waals surface area contributed by atoms with Crippen molar-refractivity contribution in [2.45, 2.75) is 45.9 Å². The lowest BCUT2D eigenvalue weighted by Gasteiger charge is -2.41. The molecule has 0 radical (unpaired) electrons. The number of benzene rings is 1. The van der Waals surface area contributed by atoms with E-state index in [1.54, 1.807) is 0 Å². The minimum absolute atomic E-state index is 0.0203. The monoisotopic (exact) mass is 349 g/mol. The van der Waals surface area contributed by atoms with Gasteiger partial charge in [-0.1, -0.05) is 13.8 Å². The van der Waals surface area contributed by atoms with Crippen molar-refractivity contribution in [1.29, 1.82) is 0 Å². The van der Waals surface area contributed by atoms with Gasteiger partial charge >= 0.3 is 0 Å². The van der Waals surface area contributed by atoms with Gasteiger partial charge < -0.3 is 20.5 Å². The van der Waals surface area contributed by atoms with Gasteiger partial charge in [0.25, 0.3) is 0 Å². The number of anilines is 1. The van der Waals surface area contributed by atoms with Crippen LogP contribution in [0.4, 0.5) is 5.69 Å². The van der Waals surface area contributed by atoms with Crippen molar-refractivity contribution < 1.29 is 14.3 Å². The van der Waals surface area contributed by atoms with Crippen LogP contribution in [0.3, 0.4) is 0 Å². The third-order valence-corrected chi connectivity index (χ3v) is 4.25. The zero-order valence-corrected chi connectivity index (χ0v) is 15.7. The Morgan fingerprint density at radius 1 is 1.28 bits per heavy atom. The first kappa shape index (κ1) is 19.7. The number of carbonyl (C=O) groups is 1. The molecule has 1 heterocycles. The van der Waals surface area contributed by atoms with Gasteiger partial charge in [-0.2, -0.15) is 0 Å². The first-order valence-electron chi connectivity index (χ1n) is 9.04. The maximum Gasteiger partial charge on any atom is 0.241 e. The molecule has 25 heavy (non-hydrogen) atoms. The van der Waals surface area contributed by atoms with Gasteiger partial charge in [-0.15, -0.1) is 0 Å². The molecule has 0 saturated carbocycles. The van der Waals surface area contributed by atoms with Crippen molar-refractivity contribution in [3.8, 4) is 5.75 Å². The molecule has 0 bridgehead atoms. The average Bonchev–Trinajstić information content (AvgIpc) is 2.53. The zero-order valence-electron chi connectivity index (χ0n) is 15.7. The average molecular weight is 349 g/mol. The largest absolute Gasteiger partial charge is 0.492 e. The molecule has 1 amide bonds. The molecule has 2 rings (SSSR count). The molecule has 6 heteroatoms. The van der Waals surface area contributed by atoms with E-state index in [0.29, 0.717) is 13.2 Å². The Balaban J connectivity index is 2.02. The molecular weight excluding hydrogens is 318 g/mol. The third-order valence-electron chi connectivity index (χ3n) is 4.25. The summed E-state index contributed by atoms with van der Waals surface area (Å²) in [6, 6.07) is 7.21. The van der Waals surface area contributed by atoms with Gasteiger partial charge in [0.05, 0.1) is 18.2 Å². The lowest BCUT2D eigenvalue weighted by atomic mass is 9.99. The van der Waals surface area contributed by atoms with Crippen LogP contribution in [0.1, 0.15) is 27.7 Å². The van der Waals surface area contributed by atoms with E-state index in [4.69, 9.17) is 15.2 Å². The molecule has 3 unspecified atom stereocenters. The second-order valence-corrected chi connectivity index (χ2v) is 7.05. The number of nitrogens with one attached hydrogen (secondary N) is 1. The summed E-state index contributed by atoms with van der Waals surface area (Å²) in [6.45, 7) is 10.8. The highest BCUT2D eigenvalue weighted by molar-refractivity contribution is 5.95. The van der Waals surface area contributed by atoms with E-state index in [-0.39, 0.29) is 30.1 Å². The van der Waals surface area contributed by atoms with Crippen molar-refractivity contribution in [1.82, 2.24) is 4.90 Å². The third kappa shape index (κ3) is 5.70. The summed E-state index contributed by atoms with van der Waals surface area (Å²) in [5.41, 5.74) is 6.20. The SMILES string of the molecule is CC1CN(C(C(=O)Nc2ccc(OCCN)cc2)C(C)C)CC(C)O1. The van der Waals surface area contributed by atoms with E-state index in [2.05, 4.69) is 37.9 Å². The van der Waals surface area contributed by atoms with Crippen molar-refractivity contribution in [2.75, 3.05) is 31.6 Å². The van der Waals surface area contributed by atoms with Gasteiger partial charge in [0.1, 0.15) is 12.4 Å². The Kier molecular flexibility index (Phi) is 7.23. The molecule has 1 fully saturated rings. The molecule has 1 aliphatic rings. The highest BCUT2D eigenvalue weighted by Gasteiger charge is 2.34. The Morgan fingerprint density at radius 3 is 2.40 bits per heavy atom. The van der Waals surface area contributed by atoms with Crippen molar-refractivity contribution in [3.63, 3.8) is 0 Å². The predicted octanol–water partition coefficient (Wildman–Crippen LogP) is 2.10. The molecule has 1 saturated heterocycles. The molecule has 1 aliphatic heterocycles. The van der Waals surface area contributed by atoms with Crippen LogP contribution in [0.25, 0.3) is 0 Å². The number of ether oxygens (including phenoxy) is 2. The summed E-state index contributed by atoms with van der Waals surface area (Å²) in [5, 5.41) is 3.03. The highest BCUT2D eigenvalue weighted by atomic mass is 16.5. The van der Waals surface area contributed by atoms with Crippen LogP contribution < -0.4 is 15.8 Å². The van der Waals surface area contributed by atoms with Gasteiger partial charge in [-0.25, -0.2) is 0 Å². The van der Waals surface area contributed by atoms with Crippen LogP contribution in [-0.4, -0.2) is 55.3 Å². The fourth-order valence-electron chi connectivity index (χ4n) is 3.36. The topological polar surface area (TPSA) is 76.8 Å². The van der Waals surface area contributed by atoms with Crippen LogP contribution >= 0.6 is 0 Å². The van der Waals surface area contributed by atoms with Crippen LogP contribution in [0.5, 0.6) is 5.75 Å². The van der Waals surface area contributed by atoms with Gasteiger partial charge in [-0.05, 0) is 44.0 Å². The number of nitrogens with zero attached hydrogens (tertiary/aromatic N) is 1. The van der Waals surface area contributed by atoms with Gasteiger partial charge in [0.15, 0.2) is 0 Å². The quantitative estimate of drug-likeness (QED) is 0.788. The first-order chi connectivity index (χ1) is 11.9. The zero-order chi connectivity index (χ0) is 18.4. The summed E-state index contributed by atoms with van der Waals surface area (Å²) >= 11 is 0. The lowest BCUT2D eigenvalue weighted by Crippen LogP contribution is -2.55. The number of amides is 1. The molecule has 0 aliphatic carbocycles. The van der Waals surface area contributed by atoms with Gasteiger partial charge in [-0.3, -0.25) is 9.69 Å². The number of hydrogen-bond donors (Lipinski definition) is 2. The minimum Gasteiger partial charge on any atom is -0.492 e. The van der Waals surface area contributed by atoms with E-state index in [1.807, 2.05) is 24.3 Å². The van der Waals surface area contributed by atoms with E-state index in [9.17, 15) is 4.79 Å². The minimum atomic E-state index is -0.179. The second-order valence-electron chi connectivity index (χ2n) is 7.05. The Bertz CT molecular complexity index is 537. The summed E-state index contributed by atoms with van der Waals surface area (Å²) < 4.78 is 11.3. The Hall–Kier alpha value is -1.63. The van der Waals surface area contributed by atoms with Crippen molar-refractivity contribution in [2.24, 2.45) is 11.7 Å².